The van der Waals surface area contributed by atoms with Gasteiger partial charge in [-0.1, -0.05) is 0 Å². The van der Waals surface area contributed by atoms with Gasteiger partial charge in [0.15, 0.2) is 0 Å². The number of aryl methyl sites for hydroxylation is 1. The zero-order valence-electron chi connectivity index (χ0n) is 12.7. The van der Waals surface area contributed by atoms with Crippen molar-refractivity contribution in [2.75, 3.05) is 43.7 Å². The van der Waals surface area contributed by atoms with Crippen LogP contribution in [0.5, 0.6) is 11.5 Å². The zero-order valence-corrected chi connectivity index (χ0v) is 13.5. The van der Waals surface area contributed by atoms with Crippen molar-refractivity contribution in [3.63, 3.8) is 0 Å². The van der Waals surface area contributed by atoms with Gasteiger partial charge in [-0.3, -0.25) is 0 Å². The van der Waals surface area contributed by atoms with E-state index in [1.54, 1.807) is 14.2 Å². The standard InChI is InChI=1S/C16H20N2O2S/c1-11-10-14(18-6-8-21-9-7-18)17-16-13(20-3)5-4-12(19-2)15(11)16/h4-5,10H,6-9H2,1-3H3. The molecule has 5 heteroatoms. The quantitative estimate of drug-likeness (QED) is 0.870. The predicted molar refractivity (Wildman–Crippen MR) is 89.1 cm³/mol. The first-order chi connectivity index (χ1) is 10.2. The number of aromatic nitrogens is 1. The van der Waals surface area contributed by atoms with Crippen LogP contribution >= 0.6 is 11.8 Å². The van der Waals surface area contributed by atoms with Crippen molar-refractivity contribution in [3.8, 4) is 11.5 Å². The number of pyridine rings is 1. The summed E-state index contributed by atoms with van der Waals surface area (Å²) in [7, 11) is 3.37. The van der Waals surface area contributed by atoms with E-state index < -0.39 is 0 Å². The molecule has 0 saturated carbocycles. The van der Waals surface area contributed by atoms with Gasteiger partial charge in [-0.2, -0.15) is 11.8 Å². The Morgan fingerprint density at radius 2 is 1.76 bits per heavy atom. The smallest absolute Gasteiger partial charge is 0.145 e. The molecule has 3 rings (SSSR count). The van der Waals surface area contributed by atoms with Crippen LogP contribution in [0.15, 0.2) is 18.2 Å². The molecule has 21 heavy (non-hydrogen) atoms. The SMILES string of the molecule is COc1ccc(OC)c2c(C)cc(N3CCSCC3)nc12. The Balaban J connectivity index is 2.17. The summed E-state index contributed by atoms with van der Waals surface area (Å²) in [5.41, 5.74) is 2.05. The fourth-order valence-electron chi connectivity index (χ4n) is 2.75. The van der Waals surface area contributed by atoms with E-state index in [4.69, 9.17) is 14.5 Å². The molecule has 1 aliphatic heterocycles. The van der Waals surface area contributed by atoms with E-state index in [0.717, 1.165) is 52.8 Å². The number of methoxy groups -OCH3 is 2. The summed E-state index contributed by atoms with van der Waals surface area (Å²) < 4.78 is 11.0. The number of hydrogen-bond donors (Lipinski definition) is 0. The van der Waals surface area contributed by atoms with E-state index in [2.05, 4.69) is 17.9 Å². The monoisotopic (exact) mass is 304 g/mol. The van der Waals surface area contributed by atoms with Crippen LogP contribution < -0.4 is 14.4 Å². The number of thioether (sulfide) groups is 1. The van der Waals surface area contributed by atoms with Gasteiger partial charge in [-0.25, -0.2) is 4.98 Å². The van der Waals surface area contributed by atoms with Crippen LogP contribution in [0.3, 0.4) is 0 Å². The average molecular weight is 304 g/mol. The van der Waals surface area contributed by atoms with Crippen LogP contribution in [0.4, 0.5) is 5.82 Å². The number of fused-ring (bicyclic) bond motifs is 1. The first kappa shape index (κ1) is 14.3. The summed E-state index contributed by atoms with van der Waals surface area (Å²) in [6, 6.07) is 6.01. The lowest BCUT2D eigenvalue weighted by Crippen LogP contribution is -2.33. The molecule has 0 amide bonds. The lowest BCUT2D eigenvalue weighted by atomic mass is 10.1. The predicted octanol–water partition coefficient (Wildman–Crippen LogP) is 3.11. The second-order valence-corrected chi connectivity index (χ2v) is 6.32. The topological polar surface area (TPSA) is 34.6 Å². The Bertz CT molecular complexity index is 654. The third kappa shape index (κ3) is 2.62. The maximum Gasteiger partial charge on any atom is 0.145 e. The van der Waals surface area contributed by atoms with Crippen molar-refractivity contribution in [3.05, 3.63) is 23.8 Å². The minimum Gasteiger partial charge on any atom is -0.496 e. The Kier molecular flexibility index (Phi) is 4.10. The molecule has 1 fully saturated rings. The molecule has 112 valence electrons. The highest BCUT2D eigenvalue weighted by molar-refractivity contribution is 7.99. The highest BCUT2D eigenvalue weighted by Gasteiger charge is 2.17. The molecule has 2 heterocycles. The number of benzene rings is 1. The molecule has 1 aromatic carbocycles. The minimum atomic E-state index is 0.794. The molecule has 1 saturated heterocycles. The second kappa shape index (κ2) is 6.02. The molecular weight excluding hydrogens is 284 g/mol. The van der Waals surface area contributed by atoms with Crippen LogP contribution in [0.2, 0.25) is 0 Å². The van der Waals surface area contributed by atoms with Crippen molar-refractivity contribution in [2.24, 2.45) is 0 Å². The van der Waals surface area contributed by atoms with Crippen LogP contribution in [-0.4, -0.2) is 43.8 Å². The van der Waals surface area contributed by atoms with E-state index in [1.807, 2.05) is 23.9 Å². The Labute approximate surface area is 129 Å². The van der Waals surface area contributed by atoms with Crippen molar-refractivity contribution in [2.45, 2.75) is 6.92 Å². The van der Waals surface area contributed by atoms with Gasteiger partial charge in [0, 0.05) is 30.0 Å². The maximum atomic E-state index is 5.48. The molecule has 1 aliphatic rings. The molecule has 0 N–H and O–H groups in total. The van der Waals surface area contributed by atoms with E-state index in [1.165, 1.54) is 5.56 Å². The van der Waals surface area contributed by atoms with E-state index in [0.29, 0.717) is 0 Å². The van der Waals surface area contributed by atoms with Crippen LogP contribution in [0.25, 0.3) is 10.9 Å². The number of anilines is 1. The third-order valence-electron chi connectivity index (χ3n) is 3.84. The zero-order chi connectivity index (χ0) is 14.8. The fourth-order valence-corrected chi connectivity index (χ4v) is 3.65. The molecule has 0 aliphatic carbocycles. The lowest BCUT2D eigenvalue weighted by molar-refractivity contribution is 0.409. The Morgan fingerprint density at radius 3 is 2.43 bits per heavy atom. The van der Waals surface area contributed by atoms with Gasteiger partial charge in [0.1, 0.15) is 22.8 Å². The van der Waals surface area contributed by atoms with Gasteiger partial charge in [0.05, 0.1) is 14.2 Å². The van der Waals surface area contributed by atoms with Gasteiger partial charge in [0.2, 0.25) is 0 Å². The van der Waals surface area contributed by atoms with Gasteiger partial charge in [0.25, 0.3) is 0 Å². The van der Waals surface area contributed by atoms with Gasteiger partial charge >= 0.3 is 0 Å². The van der Waals surface area contributed by atoms with Gasteiger partial charge < -0.3 is 14.4 Å². The summed E-state index contributed by atoms with van der Waals surface area (Å²) in [6.45, 7) is 4.21. The highest BCUT2D eigenvalue weighted by Crippen LogP contribution is 2.36. The molecule has 1 aromatic heterocycles. The maximum absolute atomic E-state index is 5.48. The largest absolute Gasteiger partial charge is 0.496 e. The molecule has 4 nitrogen and oxygen atoms in total. The van der Waals surface area contributed by atoms with Gasteiger partial charge in [-0.05, 0) is 30.7 Å². The van der Waals surface area contributed by atoms with Crippen molar-refractivity contribution >= 4 is 28.5 Å². The summed E-state index contributed by atoms with van der Waals surface area (Å²) >= 11 is 2.00. The average Bonchev–Trinajstić information content (AvgIpc) is 2.54. The molecule has 0 bridgehead atoms. The van der Waals surface area contributed by atoms with Gasteiger partial charge in [-0.15, -0.1) is 0 Å². The minimum absolute atomic E-state index is 0.794. The first-order valence-corrected chi connectivity index (χ1v) is 8.25. The number of rotatable bonds is 3. The Morgan fingerprint density at radius 1 is 1.10 bits per heavy atom. The molecule has 0 unspecified atom stereocenters. The van der Waals surface area contributed by atoms with Crippen LogP contribution in [-0.2, 0) is 0 Å². The summed E-state index contributed by atoms with van der Waals surface area (Å²) in [4.78, 5) is 7.20. The van der Waals surface area contributed by atoms with Crippen LogP contribution in [0, 0.1) is 6.92 Å². The normalized spacial score (nSPS) is 15.3. The molecule has 0 spiro atoms. The first-order valence-electron chi connectivity index (χ1n) is 7.09. The number of hydrogen-bond acceptors (Lipinski definition) is 5. The lowest BCUT2D eigenvalue weighted by Gasteiger charge is -2.28. The summed E-state index contributed by atoms with van der Waals surface area (Å²) in [5.74, 6) is 4.99. The molecule has 0 atom stereocenters. The van der Waals surface area contributed by atoms with Crippen molar-refractivity contribution in [1.29, 1.82) is 0 Å². The highest BCUT2D eigenvalue weighted by atomic mass is 32.2. The fraction of sp³-hybridized carbons (Fsp3) is 0.438. The molecule has 2 aromatic rings. The van der Waals surface area contributed by atoms with Crippen molar-refractivity contribution < 1.29 is 9.47 Å². The van der Waals surface area contributed by atoms with E-state index in [-0.39, 0.29) is 0 Å². The summed E-state index contributed by atoms with van der Waals surface area (Å²) in [6.07, 6.45) is 0. The summed E-state index contributed by atoms with van der Waals surface area (Å²) in [5, 5.41) is 1.03. The second-order valence-electron chi connectivity index (χ2n) is 5.09. The number of nitrogens with zero attached hydrogens (tertiary/aromatic N) is 2. The van der Waals surface area contributed by atoms with Crippen molar-refractivity contribution in [1.82, 2.24) is 4.98 Å². The van der Waals surface area contributed by atoms with E-state index in [9.17, 15) is 0 Å². The van der Waals surface area contributed by atoms with E-state index >= 15 is 0 Å². The third-order valence-corrected chi connectivity index (χ3v) is 4.79. The number of ether oxygens (including phenoxy) is 2. The molecular formula is C16H20N2O2S. The Hall–Kier alpha value is -1.62. The van der Waals surface area contributed by atoms with Crippen LogP contribution in [0.1, 0.15) is 5.56 Å². The molecule has 0 radical (unpaired) electrons.